The van der Waals surface area contributed by atoms with Crippen molar-refractivity contribution >= 4 is 16.9 Å². The molecule has 2 N–H and O–H groups in total. The van der Waals surface area contributed by atoms with E-state index in [0.29, 0.717) is 0 Å². The predicted molar refractivity (Wildman–Crippen MR) is 63.9 cm³/mol. The molecule has 0 radical (unpaired) electrons. The lowest BCUT2D eigenvalue weighted by Crippen LogP contribution is -2.32. The monoisotopic (exact) mass is 230 g/mol. The highest BCUT2D eigenvalue weighted by Gasteiger charge is 2.44. The number of hydrogen-bond donors (Lipinski definition) is 2. The summed E-state index contributed by atoms with van der Waals surface area (Å²) in [6.45, 7) is 0. The van der Waals surface area contributed by atoms with Crippen LogP contribution in [0.2, 0.25) is 0 Å². The van der Waals surface area contributed by atoms with E-state index >= 15 is 0 Å². The first-order valence-corrected chi connectivity index (χ1v) is 5.90. The number of aromatic nitrogens is 2. The molecule has 1 fully saturated rings. The van der Waals surface area contributed by atoms with Crippen LogP contribution in [0.15, 0.2) is 24.4 Å². The van der Waals surface area contributed by atoms with Gasteiger partial charge in [-0.3, -0.25) is 9.89 Å². The molecule has 4 heteroatoms. The first kappa shape index (κ1) is 10.3. The van der Waals surface area contributed by atoms with E-state index in [-0.39, 0.29) is 0 Å². The molecule has 0 unspecified atom stereocenters. The summed E-state index contributed by atoms with van der Waals surface area (Å²) in [5.41, 5.74) is 1.04. The van der Waals surface area contributed by atoms with Crippen molar-refractivity contribution in [2.45, 2.75) is 31.1 Å². The van der Waals surface area contributed by atoms with Gasteiger partial charge in [0.05, 0.1) is 17.1 Å². The normalized spacial score (nSPS) is 18.6. The largest absolute Gasteiger partial charge is 0.481 e. The standard InChI is InChI=1S/C13H14N2O2/c16-12(17)13(6-1-2-7-13)10-5-3-4-9-8-14-15-11(9)10/h3-5,8H,1-2,6-7H2,(H,14,15)(H,16,17). The molecule has 4 nitrogen and oxygen atoms in total. The zero-order chi connectivity index (χ0) is 11.9. The molecule has 0 amide bonds. The molecule has 1 saturated carbocycles. The van der Waals surface area contributed by atoms with Crippen LogP contribution in [0.25, 0.3) is 10.9 Å². The van der Waals surface area contributed by atoms with Gasteiger partial charge >= 0.3 is 5.97 Å². The third-order valence-corrected chi connectivity index (χ3v) is 3.86. The van der Waals surface area contributed by atoms with Crippen LogP contribution in [0.4, 0.5) is 0 Å². The van der Waals surface area contributed by atoms with Gasteiger partial charge in [-0.25, -0.2) is 0 Å². The molecule has 1 aliphatic carbocycles. The number of rotatable bonds is 2. The van der Waals surface area contributed by atoms with E-state index in [1.54, 1.807) is 6.20 Å². The van der Waals surface area contributed by atoms with Gasteiger partial charge in [-0.2, -0.15) is 5.10 Å². The van der Waals surface area contributed by atoms with Gasteiger partial charge in [-0.05, 0) is 18.4 Å². The number of benzene rings is 1. The average Bonchev–Trinajstić information content (AvgIpc) is 2.98. The van der Waals surface area contributed by atoms with Crippen LogP contribution in [0.3, 0.4) is 0 Å². The minimum absolute atomic E-state index is 0.711. The van der Waals surface area contributed by atoms with Crippen molar-refractivity contribution in [3.63, 3.8) is 0 Å². The summed E-state index contributed by atoms with van der Waals surface area (Å²) in [5.74, 6) is -0.711. The Morgan fingerprint density at radius 3 is 2.82 bits per heavy atom. The van der Waals surface area contributed by atoms with Crippen molar-refractivity contribution < 1.29 is 9.90 Å². The smallest absolute Gasteiger partial charge is 0.314 e. The second kappa shape index (κ2) is 3.58. The van der Waals surface area contributed by atoms with E-state index in [4.69, 9.17) is 0 Å². The fraction of sp³-hybridized carbons (Fsp3) is 0.385. The maximum Gasteiger partial charge on any atom is 0.314 e. The van der Waals surface area contributed by atoms with Crippen molar-refractivity contribution in [2.24, 2.45) is 0 Å². The molecule has 1 aromatic carbocycles. The van der Waals surface area contributed by atoms with Gasteiger partial charge in [0.2, 0.25) is 0 Å². The van der Waals surface area contributed by atoms with E-state index in [2.05, 4.69) is 10.2 Å². The van der Waals surface area contributed by atoms with Gasteiger partial charge in [0.25, 0.3) is 0 Å². The van der Waals surface area contributed by atoms with Gasteiger partial charge in [-0.1, -0.05) is 31.0 Å². The van der Waals surface area contributed by atoms with E-state index in [1.165, 1.54) is 0 Å². The summed E-state index contributed by atoms with van der Waals surface area (Å²) in [4.78, 5) is 11.7. The van der Waals surface area contributed by atoms with Crippen LogP contribution < -0.4 is 0 Å². The van der Waals surface area contributed by atoms with Crippen molar-refractivity contribution in [3.05, 3.63) is 30.0 Å². The molecule has 2 aromatic rings. The molecule has 1 heterocycles. The van der Waals surface area contributed by atoms with E-state index in [0.717, 1.165) is 42.1 Å². The molecule has 0 bridgehead atoms. The summed E-state index contributed by atoms with van der Waals surface area (Å²) in [5, 5.41) is 17.5. The van der Waals surface area contributed by atoms with Crippen molar-refractivity contribution in [1.29, 1.82) is 0 Å². The van der Waals surface area contributed by atoms with Crippen LogP contribution in [-0.2, 0) is 10.2 Å². The zero-order valence-corrected chi connectivity index (χ0v) is 9.44. The quantitative estimate of drug-likeness (QED) is 0.832. The molecule has 0 spiro atoms. The van der Waals surface area contributed by atoms with E-state index in [1.807, 2.05) is 18.2 Å². The third kappa shape index (κ3) is 1.37. The lowest BCUT2D eigenvalue weighted by atomic mass is 9.78. The van der Waals surface area contributed by atoms with Crippen LogP contribution >= 0.6 is 0 Å². The number of hydrogen-bond acceptors (Lipinski definition) is 2. The number of H-pyrrole nitrogens is 1. The van der Waals surface area contributed by atoms with Crippen LogP contribution in [0.1, 0.15) is 31.2 Å². The molecule has 0 atom stereocenters. The van der Waals surface area contributed by atoms with Crippen LogP contribution in [0, 0.1) is 0 Å². The molecular formula is C13H14N2O2. The number of carboxylic acid groups (broad SMARTS) is 1. The van der Waals surface area contributed by atoms with Crippen LogP contribution in [-0.4, -0.2) is 21.3 Å². The highest BCUT2D eigenvalue weighted by molar-refractivity contribution is 5.90. The number of aromatic amines is 1. The number of carbonyl (C=O) groups is 1. The van der Waals surface area contributed by atoms with Gasteiger partial charge < -0.3 is 5.11 Å². The van der Waals surface area contributed by atoms with E-state index < -0.39 is 11.4 Å². The van der Waals surface area contributed by atoms with E-state index in [9.17, 15) is 9.90 Å². The Hall–Kier alpha value is -1.84. The minimum Gasteiger partial charge on any atom is -0.481 e. The Balaban J connectivity index is 2.25. The summed E-state index contributed by atoms with van der Waals surface area (Å²) < 4.78 is 0. The summed E-state index contributed by atoms with van der Waals surface area (Å²) in [7, 11) is 0. The Morgan fingerprint density at radius 1 is 1.35 bits per heavy atom. The predicted octanol–water partition coefficient (Wildman–Crippen LogP) is 2.46. The highest BCUT2D eigenvalue weighted by atomic mass is 16.4. The maximum atomic E-state index is 11.7. The lowest BCUT2D eigenvalue weighted by molar-refractivity contribution is -0.143. The van der Waals surface area contributed by atoms with Crippen LogP contribution in [0.5, 0.6) is 0 Å². The SMILES string of the molecule is O=C(O)C1(c2cccc3cn[nH]c23)CCCC1. The average molecular weight is 230 g/mol. The first-order valence-electron chi connectivity index (χ1n) is 5.90. The maximum absolute atomic E-state index is 11.7. The Kier molecular flexibility index (Phi) is 2.18. The Morgan fingerprint density at radius 2 is 2.12 bits per heavy atom. The molecule has 1 aromatic heterocycles. The summed E-state index contributed by atoms with van der Waals surface area (Å²) in [6, 6.07) is 5.78. The number of para-hydroxylation sites is 1. The number of carboxylic acids is 1. The van der Waals surface area contributed by atoms with Gasteiger partial charge in [0.15, 0.2) is 0 Å². The summed E-state index contributed by atoms with van der Waals surface area (Å²) >= 11 is 0. The van der Waals surface area contributed by atoms with Gasteiger partial charge in [-0.15, -0.1) is 0 Å². The molecule has 0 aliphatic heterocycles. The number of nitrogens with zero attached hydrogens (tertiary/aromatic N) is 1. The number of fused-ring (bicyclic) bond motifs is 1. The second-order valence-corrected chi connectivity index (χ2v) is 4.73. The lowest BCUT2D eigenvalue weighted by Gasteiger charge is -2.24. The summed E-state index contributed by atoms with van der Waals surface area (Å²) in [6.07, 6.45) is 5.15. The Bertz CT molecular complexity index is 568. The third-order valence-electron chi connectivity index (χ3n) is 3.86. The Labute approximate surface area is 98.6 Å². The molecular weight excluding hydrogens is 216 g/mol. The highest BCUT2D eigenvalue weighted by Crippen LogP contribution is 2.43. The second-order valence-electron chi connectivity index (χ2n) is 4.73. The first-order chi connectivity index (χ1) is 8.24. The molecule has 17 heavy (non-hydrogen) atoms. The van der Waals surface area contributed by atoms with Gasteiger partial charge in [0.1, 0.15) is 0 Å². The minimum atomic E-state index is -0.716. The molecule has 88 valence electrons. The zero-order valence-electron chi connectivity index (χ0n) is 9.44. The van der Waals surface area contributed by atoms with Gasteiger partial charge in [0, 0.05) is 5.39 Å². The topological polar surface area (TPSA) is 66.0 Å². The fourth-order valence-electron chi connectivity index (χ4n) is 2.94. The molecule has 3 rings (SSSR count). The number of aliphatic carboxylic acids is 1. The fourth-order valence-corrected chi connectivity index (χ4v) is 2.94. The van der Waals surface area contributed by atoms with Crippen molar-refractivity contribution in [3.8, 4) is 0 Å². The van der Waals surface area contributed by atoms with Crippen molar-refractivity contribution in [1.82, 2.24) is 10.2 Å². The molecule has 0 saturated heterocycles. The number of nitrogens with one attached hydrogen (secondary N) is 1. The molecule has 1 aliphatic rings. The van der Waals surface area contributed by atoms with Crippen molar-refractivity contribution in [2.75, 3.05) is 0 Å².